The van der Waals surface area contributed by atoms with Crippen molar-refractivity contribution < 1.29 is 18.9 Å². The molecule has 6 rings (SSSR count). The molecule has 1 N–H and O–H groups in total. The average molecular weight is 505 g/mol. The second kappa shape index (κ2) is 10.2. The van der Waals surface area contributed by atoms with Gasteiger partial charge in [0, 0.05) is 36.2 Å². The molecule has 11 heteroatoms. The Kier molecular flexibility index (Phi) is 6.46. The molecule has 4 heterocycles. The molecule has 4 aromatic rings. The van der Waals surface area contributed by atoms with Crippen LogP contribution in [0.3, 0.4) is 0 Å². The van der Waals surface area contributed by atoms with Gasteiger partial charge in [0.05, 0.1) is 26.3 Å². The molecule has 2 aromatic carbocycles. The van der Waals surface area contributed by atoms with Crippen LogP contribution in [-0.2, 0) is 30.9 Å². The number of hydrogen-bond acceptors (Lipinski definition) is 9. The van der Waals surface area contributed by atoms with Gasteiger partial charge in [-0.2, -0.15) is 0 Å². The molecule has 2 aromatic heterocycles. The van der Waals surface area contributed by atoms with Gasteiger partial charge in [0.15, 0.2) is 17.3 Å². The Morgan fingerprint density at radius 1 is 1.11 bits per heavy atom. The lowest BCUT2D eigenvalue weighted by molar-refractivity contribution is 0.0914. The normalized spacial score (nSPS) is 16.6. The highest BCUT2D eigenvalue weighted by Gasteiger charge is 2.21. The number of hydrogen-bond donors (Lipinski definition) is 1. The van der Waals surface area contributed by atoms with E-state index in [0.29, 0.717) is 31.7 Å². The van der Waals surface area contributed by atoms with Gasteiger partial charge in [-0.1, -0.05) is 6.07 Å². The third-order valence-electron chi connectivity index (χ3n) is 6.74. The first-order chi connectivity index (χ1) is 18.1. The number of benzene rings is 2. The number of rotatable bonds is 9. The Morgan fingerprint density at radius 3 is 2.89 bits per heavy atom. The first kappa shape index (κ1) is 23.4. The molecule has 2 aliphatic rings. The van der Waals surface area contributed by atoms with E-state index in [2.05, 4.69) is 25.4 Å². The number of pyridine rings is 1. The summed E-state index contributed by atoms with van der Waals surface area (Å²) in [6.07, 6.45) is 2.16. The summed E-state index contributed by atoms with van der Waals surface area (Å²) < 4.78 is 24.0. The van der Waals surface area contributed by atoms with Gasteiger partial charge in [-0.25, -0.2) is 4.68 Å². The number of nitrogens with one attached hydrogen (secondary N) is 1. The Bertz CT molecular complexity index is 1460. The quantitative estimate of drug-likeness (QED) is 0.367. The molecule has 0 saturated carbocycles. The third-order valence-corrected chi connectivity index (χ3v) is 6.74. The van der Waals surface area contributed by atoms with Crippen molar-refractivity contribution in [2.24, 2.45) is 0 Å². The van der Waals surface area contributed by atoms with Crippen LogP contribution in [-0.4, -0.2) is 56.7 Å². The van der Waals surface area contributed by atoms with Crippen molar-refractivity contribution in [2.45, 2.75) is 45.1 Å². The Hall–Kier alpha value is -3.96. The van der Waals surface area contributed by atoms with Crippen LogP contribution in [0.1, 0.15) is 29.8 Å². The fourth-order valence-electron chi connectivity index (χ4n) is 4.84. The minimum atomic E-state index is -0.132. The molecular formula is C26H28N6O5. The van der Waals surface area contributed by atoms with Gasteiger partial charge >= 0.3 is 0 Å². The van der Waals surface area contributed by atoms with Crippen molar-refractivity contribution >= 4 is 10.9 Å². The van der Waals surface area contributed by atoms with E-state index in [9.17, 15) is 4.79 Å². The second-order valence-electron chi connectivity index (χ2n) is 9.32. The van der Waals surface area contributed by atoms with E-state index >= 15 is 0 Å². The predicted octanol–water partition coefficient (Wildman–Crippen LogP) is 2.63. The van der Waals surface area contributed by atoms with Crippen LogP contribution in [0.2, 0.25) is 0 Å². The summed E-state index contributed by atoms with van der Waals surface area (Å²) in [5, 5.41) is 13.3. The van der Waals surface area contributed by atoms with Crippen LogP contribution >= 0.6 is 0 Å². The molecule has 1 fully saturated rings. The number of aromatic nitrogens is 5. The van der Waals surface area contributed by atoms with Gasteiger partial charge in [-0.05, 0) is 65.2 Å². The molecule has 0 unspecified atom stereocenters. The number of H-pyrrole nitrogens is 1. The first-order valence-electron chi connectivity index (χ1n) is 12.3. The lowest BCUT2D eigenvalue weighted by atomic mass is 10.1. The van der Waals surface area contributed by atoms with Gasteiger partial charge in [0.2, 0.25) is 6.79 Å². The molecule has 0 radical (unpaired) electrons. The molecular weight excluding hydrogens is 476 g/mol. The number of fused-ring (bicyclic) bond motifs is 2. The van der Waals surface area contributed by atoms with Crippen molar-refractivity contribution in [3.8, 4) is 17.2 Å². The fraction of sp³-hybridized carbons (Fsp3) is 0.385. The lowest BCUT2D eigenvalue weighted by Crippen LogP contribution is -2.29. The number of nitrogens with zero attached hydrogens (tertiary/aromatic N) is 5. The van der Waals surface area contributed by atoms with E-state index in [1.165, 1.54) is 0 Å². The molecule has 37 heavy (non-hydrogen) atoms. The van der Waals surface area contributed by atoms with Crippen molar-refractivity contribution in [3.63, 3.8) is 0 Å². The zero-order chi connectivity index (χ0) is 25.2. The van der Waals surface area contributed by atoms with E-state index in [-0.39, 0.29) is 18.5 Å². The van der Waals surface area contributed by atoms with Crippen molar-refractivity contribution in [2.75, 3.05) is 20.5 Å². The maximum absolute atomic E-state index is 13.0. The third kappa shape index (κ3) is 5.13. The minimum Gasteiger partial charge on any atom is -0.497 e. The molecule has 0 amide bonds. The van der Waals surface area contributed by atoms with E-state index in [0.717, 1.165) is 59.0 Å². The highest BCUT2D eigenvalue weighted by molar-refractivity contribution is 5.80. The van der Waals surface area contributed by atoms with Crippen molar-refractivity contribution in [3.05, 3.63) is 69.8 Å². The van der Waals surface area contributed by atoms with E-state index < -0.39 is 0 Å². The molecule has 1 saturated heterocycles. The summed E-state index contributed by atoms with van der Waals surface area (Å²) >= 11 is 0. The van der Waals surface area contributed by atoms with E-state index in [4.69, 9.17) is 18.9 Å². The molecule has 0 spiro atoms. The molecule has 1 atom stereocenters. The molecule has 2 aliphatic heterocycles. The maximum Gasteiger partial charge on any atom is 0.252 e. The lowest BCUT2D eigenvalue weighted by Gasteiger charge is -2.22. The standard InChI is InChI=1S/C26H28N6O5/c1-34-20-5-6-22-18(11-20)10-19(26(33)27-22)13-31(12-17-4-7-23-24(9-17)37-16-36-23)15-25-28-29-30-32(25)14-21-3-2-8-35-21/h4-7,9-11,21H,2-3,8,12-16H2,1H3,(H,27,33)/t21-/m1/s1. The zero-order valence-corrected chi connectivity index (χ0v) is 20.6. The summed E-state index contributed by atoms with van der Waals surface area (Å²) in [4.78, 5) is 18.2. The SMILES string of the molecule is COc1ccc2[nH]c(=O)c(CN(Cc3ccc4c(c3)OCO4)Cc3nnnn3C[C@H]3CCCO3)cc2c1. The molecule has 192 valence electrons. The Labute approximate surface area is 212 Å². The number of aromatic amines is 1. The smallest absolute Gasteiger partial charge is 0.252 e. The van der Waals surface area contributed by atoms with Gasteiger partial charge < -0.3 is 23.9 Å². The summed E-state index contributed by atoms with van der Waals surface area (Å²) in [7, 11) is 1.63. The number of methoxy groups -OCH3 is 1. The van der Waals surface area contributed by atoms with Gasteiger partial charge in [0.1, 0.15) is 5.75 Å². The highest BCUT2D eigenvalue weighted by Crippen LogP contribution is 2.33. The van der Waals surface area contributed by atoms with Crippen LogP contribution in [0.5, 0.6) is 17.2 Å². The van der Waals surface area contributed by atoms with E-state index in [1.54, 1.807) is 11.8 Å². The fourth-order valence-corrected chi connectivity index (χ4v) is 4.84. The van der Waals surface area contributed by atoms with Crippen molar-refractivity contribution in [1.82, 2.24) is 30.1 Å². The monoisotopic (exact) mass is 504 g/mol. The highest BCUT2D eigenvalue weighted by atomic mass is 16.7. The summed E-state index contributed by atoms with van der Waals surface area (Å²) in [5.41, 5.74) is 2.30. The van der Waals surface area contributed by atoms with Crippen molar-refractivity contribution in [1.29, 1.82) is 0 Å². The van der Waals surface area contributed by atoms with Crippen LogP contribution in [0, 0.1) is 0 Å². The van der Waals surface area contributed by atoms with Crippen LogP contribution in [0.4, 0.5) is 0 Å². The number of tetrazole rings is 1. The minimum absolute atomic E-state index is 0.114. The maximum atomic E-state index is 13.0. The van der Waals surface area contributed by atoms with Crippen LogP contribution in [0.15, 0.2) is 47.3 Å². The van der Waals surface area contributed by atoms with Gasteiger partial charge in [-0.3, -0.25) is 9.69 Å². The Balaban J connectivity index is 1.29. The largest absolute Gasteiger partial charge is 0.497 e. The zero-order valence-electron chi connectivity index (χ0n) is 20.6. The topological polar surface area (TPSA) is 117 Å². The predicted molar refractivity (Wildman–Crippen MR) is 133 cm³/mol. The van der Waals surface area contributed by atoms with Crippen LogP contribution in [0.25, 0.3) is 10.9 Å². The number of ether oxygens (including phenoxy) is 4. The Morgan fingerprint density at radius 2 is 2.03 bits per heavy atom. The second-order valence-corrected chi connectivity index (χ2v) is 9.32. The molecule has 11 nitrogen and oxygen atoms in total. The van der Waals surface area contributed by atoms with Gasteiger partial charge in [0.25, 0.3) is 5.56 Å². The summed E-state index contributed by atoms with van der Waals surface area (Å²) in [6.45, 7) is 2.99. The molecule has 0 bridgehead atoms. The summed E-state index contributed by atoms with van der Waals surface area (Å²) in [5.74, 6) is 2.90. The van der Waals surface area contributed by atoms with Gasteiger partial charge in [-0.15, -0.1) is 5.10 Å². The van der Waals surface area contributed by atoms with E-state index in [1.807, 2.05) is 42.5 Å². The summed E-state index contributed by atoms with van der Waals surface area (Å²) in [6, 6.07) is 13.4. The first-order valence-corrected chi connectivity index (χ1v) is 12.3. The molecule has 0 aliphatic carbocycles. The average Bonchev–Trinajstić information content (AvgIpc) is 3.67. The van der Waals surface area contributed by atoms with Crippen LogP contribution < -0.4 is 19.8 Å².